The van der Waals surface area contributed by atoms with E-state index in [9.17, 15) is 33.6 Å². The molecule has 11 aromatic carbocycles. The molecule has 0 saturated carbocycles. The third-order valence-corrected chi connectivity index (χ3v) is 23.6. The zero-order valence-corrected chi connectivity index (χ0v) is 74.6. The summed E-state index contributed by atoms with van der Waals surface area (Å²) in [6, 6.07) is 89.0. The number of unbranched alkanes of at least 4 members (excludes halogenated alkanes) is 3. The molecule has 642 valence electrons. The molecule has 0 amide bonds. The number of rotatable bonds is 32. The third-order valence-electron chi connectivity index (χ3n) is 21.6. The van der Waals surface area contributed by atoms with E-state index >= 15 is 0 Å². The normalized spacial score (nSPS) is 12.7. The van der Waals surface area contributed by atoms with Crippen molar-refractivity contribution in [2.45, 2.75) is 152 Å². The highest BCUT2D eigenvalue weighted by molar-refractivity contribution is 7.99. The summed E-state index contributed by atoms with van der Waals surface area (Å²) in [6.45, 7) is 21.2. The number of Topliss-reactive ketones (excluding diaryl/α,β-unsaturated/α-hetero) is 2. The van der Waals surface area contributed by atoms with Gasteiger partial charge in [-0.1, -0.05) is 213 Å². The first-order valence-corrected chi connectivity index (χ1v) is 44.1. The minimum Gasteiger partial charge on any atom is -0.453 e. The van der Waals surface area contributed by atoms with Gasteiger partial charge in [0, 0.05) is 114 Å². The third kappa shape index (κ3) is 25.7. The van der Waals surface area contributed by atoms with E-state index < -0.39 is 23.4 Å². The molecule has 20 heteroatoms. The van der Waals surface area contributed by atoms with Gasteiger partial charge in [0.05, 0.1) is 35.7 Å². The molecule has 18 nitrogen and oxygen atoms in total. The highest BCUT2D eigenvalue weighted by atomic mass is 32.2. The fourth-order valence-corrected chi connectivity index (χ4v) is 16.2. The average molecular weight is 1710 g/mol. The number of hydrogen-bond donors (Lipinski definition) is 0. The van der Waals surface area contributed by atoms with Gasteiger partial charge >= 0.3 is 17.9 Å². The van der Waals surface area contributed by atoms with Crippen molar-refractivity contribution in [1.29, 1.82) is 0 Å². The maximum absolute atomic E-state index is 13.6. The van der Waals surface area contributed by atoms with Crippen LogP contribution in [-0.4, -0.2) is 114 Å². The molecule has 0 aliphatic carbocycles. The molecule has 0 spiro atoms. The standard InChI is InChI=1S/C29H27NO4S.C27H27NO3S.C26H24N2O3.C23H30N2O2/c1-19(2)8-17-26(30-34-20(3)31)21-9-13-24(14-10-21)35-25-15-11-22(12-16-25)29(32)28-18-23-6-4-5-7-27(23)33-28;1-2-3-4-11-16-25(28-31-27(30)22-12-7-5-8-13-22)26(29)21-17-19-24(20-18-21)32-23-14-9-6-10-15-23;1-5-28-24-12-10-19(17(3)27-31-18(4)29)14-22(24)23-15-20(11-13-25(23)28)26(30)21-9-7-6-8-16(21)2;1-4-23(24(2)3,18-19-8-6-5-7-9-19)22(26)20-10-12-21(13-11-20)25-14-16-27-17-15-25/h4-7,9-16,18-19H,8,17H2,1-3H3;5-10,12-15,17-20H,2-4,11,16H2,1H3;6-15H,5H2,1-4H3;5-13H,4,14-18H2,1-3H3/b30-26+;28-25-;27-17+;. The van der Waals surface area contributed by atoms with Crippen LogP contribution in [0, 0.1) is 12.8 Å². The van der Waals surface area contributed by atoms with Crippen LogP contribution in [0.5, 0.6) is 0 Å². The van der Waals surface area contributed by atoms with Gasteiger partial charge in [0.25, 0.3) is 0 Å². The van der Waals surface area contributed by atoms with E-state index in [1.54, 1.807) is 72.9 Å². The van der Waals surface area contributed by atoms with Crippen LogP contribution in [0.3, 0.4) is 0 Å². The Bertz CT molecular complexity index is 5890. The predicted molar refractivity (Wildman–Crippen MR) is 503 cm³/mol. The fraction of sp³-hybridized carbons (Fsp3) is 0.257. The number of ketones is 4. The second-order valence-electron chi connectivity index (χ2n) is 31.1. The highest BCUT2D eigenvalue weighted by Gasteiger charge is 2.40. The number of carbonyl (C=O) groups excluding carboxylic acids is 7. The van der Waals surface area contributed by atoms with Crippen LogP contribution in [0.4, 0.5) is 5.69 Å². The summed E-state index contributed by atoms with van der Waals surface area (Å²) in [7, 11) is 4.01. The summed E-state index contributed by atoms with van der Waals surface area (Å²) in [5, 5.41) is 14.9. The quantitative estimate of drug-likeness (QED) is 0.0126. The average Bonchev–Trinajstić information content (AvgIpc) is 1.63. The fourth-order valence-electron chi connectivity index (χ4n) is 14.5. The molecule has 14 rings (SSSR count). The Morgan fingerprint density at radius 3 is 1.60 bits per heavy atom. The summed E-state index contributed by atoms with van der Waals surface area (Å²) in [6.07, 6.45) is 7.65. The van der Waals surface area contributed by atoms with Crippen LogP contribution < -0.4 is 4.90 Å². The van der Waals surface area contributed by atoms with Gasteiger partial charge in [-0.25, -0.2) is 14.4 Å². The van der Waals surface area contributed by atoms with Crippen LogP contribution in [0.2, 0.25) is 0 Å². The van der Waals surface area contributed by atoms with Crippen molar-refractivity contribution < 1.29 is 57.2 Å². The minimum absolute atomic E-state index is 0.0150. The number of benzene rings is 11. The van der Waals surface area contributed by atoms with Crippen molar-refractivity contribution in [2.75, 3.05) is 45.3 Å². The summed E-state index contributed by atoms with van der Waals surface area (Å²) in [4.78, 5) is 111. The molecule has 3 heterocycles. The summed E-state index contributed by atoms with van der Waals surface area (Å²) < 4.78 is 13.4. The minimum atomic E-state index is -0.570. The first-order valence-electron chi connectivity index (χ1n) is 42.5. The number of anilines is 1. The van der Waals surface area contributed by atoms with E-state index in [-0.39, 0.29) is 28.8 Å². The van der Waals surface area contributed by atoms with Gasteiger partial charge in [0.15, 0.2) is 17.3 Å². The maximum atomic E-state index is 13.6. The number of likely N-dealkylation sites (N-methyl/N-ethyl adjacent to an activating group) is 1. The molecule has 1 fully saturated rings. The lowest BCUT2D eigenvalue weighted by Crippen LogP contribution is -2.52. The lowest BCUT2D eigenvalue weighted by molar-refractivity contribution is -0.141. The summed E-state index contributed by atoms with van der Waals surface area (Å²) >= 11 is 3.24. The molecular weight excluding hydrogens is 1600 g/mol. The molecule has 13 aromatic rings. The largest absolute Gasteiger partial charge is 0.453 e. The lowest BCUT2D eigenvalue weighted by atomic mass is 9.80. The first kappa shape index (κ1) is 93.0. The van der Waals surface area contributed by atoms with Crippen molar-refractivity contribution in [3.63, 3.8) is 0 Å². The number of morpholine rings is 1. The van der Waals surface area contributed by atoms with E-state index in [1.165, 1.54) is 19.4 Å². The number of carbonyl (C=O) groups is 7. The molecule has 1 aliphatic rings. The van der Waals surface area contributed by atoms with Gasteiger partial charge in [-0.15, -0.1) is 0 Å². The number of nitrogens with zero attached hydrogens (tertiary/aromatic N) is 6. The number of fused-ring (bicyclic) bond motifs is 4. The molecule has 2 aromatic heterocycles. The number of aryl methyl sites for hydroxylation is 2. The Hall–Kier alpha value is -12.7. The predicted octanol–water partition coefficient (Wildman–Crippen LogP) is 24.0. The highest BCUT2D eigenvalue weighted by Crippen LogP contribution is 2.35. The molecule has 0 bridgehead atoms. The number of oxime groups is 3. The van der Waals surface area contributed by atoms with Gasteiger partial charge in [0.2, 0.25) is 11.6 Å². The summed E-state index contributed by atoms with van der Waals surface area (Å²) in [5.74, 6) is -0.738. The van der Waals surface area contributed by atoms with Crippen molar-refractivity contribution >= 4 is 120 Å². The Balaban J connectivity index is 0.000000163. The van der Waals surface area contributed by atoms with Crippen LogP contribution in [-0.2, 0) is 41.8 Å². The maximum Gasteiger partial charge on any atom is 0.365 e. The van der Waals surface area contributed by atoms with Gasteiger partial charge < -0.3 is 33.1 Å². The molecule has 1 unspecified atom stereocenters. The van der Waals surface area contributed by atoms with E-state index in [4.69, 9.17) is 23.7 Å². The molecule has 0 N–H and O–H groups in total. The van der Waals surface area contributed by atoms with E-state index in [0.29, 0.717) is 63.6 Å². The van der Waals surface area contributed by atoms with Crippen molar-refractivity contribution in [3.05, 3.63) is 340 Å². The SMILES string of the molecule is CC(=O)O/N=C(\CCC(C)C)c1ccc(Sc2ccc(C(=O)c3cc4ccccc4o3)cc2)cc1.CCC(Cc1ccccc1)(C(=O)c1ccc(N2CCOCC2)cc1)N(C)C.CCCCCC/C(=N/OC(=O)c1ccccc1)C(=O)c1ccc(Sc2ccccc2)cc1.CCn1c2ccc(C(=O)c3ccccc3C)cc2c2cc(/C(C)=N/OC(C)=O)ccc21. The molecule has 1 atom stereocenters. The zero-order chi connectivity index (χ0) is 88.8. The Labute approximate surface area is 741 Å². The van der Waals surface area contributed by atoms with Crippen LogP contribution in [0.1, 0.15) is 192 Å². The Kier molecular flexibility index (Phi) is 34.3. The van der Waals surface area contributed by atoms with Gasteiger partial charge in [-0.3, -0.25) is 24.1 Å². The Morgan fingerprint density at radius 1 is 0.496 bits per heavy atom. The summed E-state index contributed by atoms with van der Waals surface area (Å²) in [5.41, 5.74) is 12.7. The van der Waals surface area contributed by atoms with Gasteiger partial charge in [-0.2, -0.15) is 0 Å². The van der Waals surface area contributed by atoms with E-state index in [2.05, 4.69) is 88.7 Å². The number of hydrogen-bond acceptors (Lipinski definition) is 19. The number of para-hydroxylation sites is 1. The van der Waals surface area contributed by atoms with E-state index in [0.717, 1.165) is 158 Å². The number of ether oxygens (including phenoxy) is 1. The zero-order valence-electron chi connectivity index (χ0n) is 72.9. The second kappa shape index (κ2) is 46.1. The molecular formula is C105H108N6O12S2. The number of aromatic nitrogens is 1. The molecule has 1 aliphatic heterocycles. The Morgan fingerprint density at radius 2 is 1.02 bits per heavy atom. The second-order valence-corrected chi connectivity index (χ2v) is 33.4. The van der Waals surface area contributed by atoms with Crippen molar-refractivity contribution in [3.8, 4) is 0 Å². The molecule has 0 radical (unpaired) electrons. The molecule has 125 heavy (non-hydrogen) atoms. The monoisotopic (exact) mass is 1710 g/mol. The first-order chi connectivity index (χ1) is 60.5. The topological polar surface area (TPSA) is 218 Å². The van der Waals surface area contributed by atoms with Gasteiger partial charge in [0.1, 0.15) is 11.3 Å². The smallest absolute Gasteiger partial charge is 0.365 e. The van der Waals surface area contributed by atoms with Crippen molar-refractivity contribution in [1.82, 2.24) is 9.47 Å². The van der Waals surface area contributed by atoms with Crippen LogP contribution in [0.25, 0.3) is 32.8 Å². The van der Waals surface area contributed by atoms with Crippen LogP contribution >= 0.6 is 23.5 Å². The molecule has 1 saturated heterocycles. The van der Waals surface area contributed by atoms with Crippen LogP contribution in [0.15, 0.2) is 319 Å². The van der Waals surface area contributed by atoms with Gasteiger partial charge in [-0.05, 0) is 253 Å². The lowest BCUT2D eigenvalue weighted by Gasteiger charge is -2.38. The van der Waals surface area contributed by atoms with Crippen molar-refractivity contribution in [2.24, 2.45) is 21.4 Å². The number of furan rings is 1. The van der Waals surface area contributed by atoms with E-state index in [1.807, 2.05) is 233 Å².